The summed E-state index contributed by atoms with van der Waals surface area (Å²) in [4.78, 5) is 9.12. The van der Waals surface area contributed by atoms with Crippen LogP contribution in [0.25, 0.3) is 0 Å². The third-order valence-electron chi connectivity index (χ3n) is 3.58. The number of likely N-dealkylation sites (N-methyl/N-ethyl adjacent to an activating group) is 1. The monoisotopic (exact) mass is 248 g/mol. The maximum Gasteiger partial charge on any atom is 0.0448 e. The van der Waals surface area contributed by atoms with E-state index in [4.69, 9.17) is 5.73 Å². The predicted molar refractivity (Wildman–Crippen MR) is 75.8 cm³/mol. The summed E-state index contributed by atoms with van der Waals surface area (Å²) >= 11 is 0. The number of nitrogens with zero attached hydrogens (tertiary/aromatic N) is 3. The van der Waals surface area contributed by atoms with Gasteiger partial charge in [-0.05, 0) is 39.9 Å². The lowest BCUT2D eigenvalue weighted by Crippen LogP contribution is -2.38. The van der Waals surface area contributed by atoms with Crippen LogP contribution < -0.4 is 10.6 Å². The molecule has 0 amide bonds. The molecule has 2 rings (SSSR count). The van der Waals surface area contributed by atoms with Crippen molar-refractivity contribution in [2.75, 3.05) is 32.1 Å². The molecule has 1 saturated heterocycles. The summed E-state index contributed by atoms with van der Waals surface area (Å²) in [5.74, 6) is 0. The molecule has 1 atom stereocenters. The van der Waals surface area contributed by atoms with Crippen LogP contribution in [-0.2, 0) is 6.54 Å². The van der Waals surface area contributed by atoms with Gasteiger partial charge in [0.1, 0.15) is 0 Å². The molecule has 1 aliphatic heterocycles. The Bertz CT molecular complexity index is 403. The van der Waals surface area contributed by atoms with Crippen molar-refractivity contribution in [3.05, 3.63) is 23.5 Å². The normalized spacial score (nSPS) is 19.8. The van der Waals surface area contributed by atoms with Crippen molar-refractivity contribution in [2.24, 2.45) is 5.73 Å². The Labute approximate surface area is 110 Å². The van der Waals surface area contributed by atoms with Gasteiger partial charge in [0.25, 0.3) is 0 Å². The van der Waals surface area contributed by atoms with E-state index in [1.165, 1.54) is 18.5 Å². The molecule has 0 saturated carbocycles. The summed E-state index contributed by atoms with van der Waals surface area (Å²) in [6, 6.07) is 2.78. The van der Waals surface area contributed by atoms with Gasteiger partial charge in [0.05, 0.1) is 0 Å². The fraction of sp³-hybridized carbons (Fsp3) is 0.643. The molecule has 1 fully saturated rings. The van der Waals surface area contributed by atoms with Crippen LogP contribution >= 0.6 is 0 Å². The molecule has 1 aromatic heterocycles. The van der Waals surface area contributed by atoms with Crippen molar-refractivity contribution in [2.45, 2.75) is 32.4 Å². The Morgan fingerprint density at radius 3 is 2.94 bits per heavy atom. The van der Waals surface area contributed by atoms with Gasteiger partial charge in [-0.2, -0.15) is 0 Å². The van der Waals surface area contributed by atoms with E-state index in [1.807, 2.05) is 13.1 Å². The molecule has 4 heteroatoms. The zero-order valence-electron chi connectivity index (χ0n) is 11.7. The molecular formula is C14H24N4. The van der Waals surface area contributed by atoms with Crippen molar-refractivity contribution in [3.8, 4) is 0 Å². The highest BCUT2D eigenvalue weighted by Crippen LogP contribution is 2.29. The number of anilines is 1. The lowest BCUT2D eigenvalue weighted by Gasteiger charge is -2.30. The van der Waals surface area contributed by atoms with Gasteiger partial charge >= 0.3 is 0 Å². The van der Waals surface area contributed by atoms with E-state index < -0.39 is 0 Å². The average Bonchev–Trinajstić information content (AvgIpc) is 2.76. The summed E-state index contributed by atoms with van der Waals surface area (Å²) in [6.07, 6.45) is 4.46. The fourth-order valence-electron chi connectivity index (χ4n) is 2.76. The molecule has 0 aliphatic carbocycles. The maximum absolute atomic E-state index is 5.84. The minimum Gasteiger partial charge on any atom is -0.367 e. The minimum absolute atomic E-state index is 0.563. The van der Waals surface area contributed by atoms with Crippen LogP contribution in [0.15, 0.2) is 12.3 Å². The summed E-state index contributed by atoms with van der Waals surface area (Å²) in [5, 5.41) is 0. The van der Waals surface area contributed by atoms with E-state index >= 15 is 0 Å². The molecule has 1 aromatic rings. The number of aromatic nitrogens is 1. The topological polar surface area (TPSA) is 45.4 Å². The Morgan fingerprint density at radius 1 is 1.50 bits per heavy atom. The number of nitrogens with two attached hydrogens (primary N) is 1. The first-order valence-electron chi connectivity index (χ1n) is 6.68. The van der Waals surface area contributed by atoms with Crippen LogP contribution in [0.3, 0.4) is 0 Å². The Kier molecular flexibility index (Phi) is 4.19. The number of aryl methyl sites for hydroxylation is 1. The van der Waals surface area contributed by atoms with Crippen molar-refractivity contribution < 1.29 is 0 Å². The van der Waals surface area contributed by atoms with E-state index in [9.17, 15) is 0 Å². The zero-order chi connectivity index (χ0) is 13.1. The molecule has 2 N–H and O–H groups in total. The standard InChI is InChI=1S/C14H24N4/c1-11-7-14(12(8-15)9-16-11)18-6-4-5-13(18)10-17(2)3/h7,9,13H,4-6,8,10,15H2,1-3H3. The number of hydrogen-bond acceptors (Lipinski definition) is 4. The molecule has 0 radical (unpaired) electrons. The number of pyridine rings is 1. The van der Waals surface area contributed by atoms with Gasteiger partial charge in [0.15, 0.2) is 0 Å². The van der Waals surface area contributed by atoms with E-state index in [0.717, 1.165) is 24.3 Å². The van der Waals surface area contributed by atoms with Crippen LogP contribution in [0.4, 0.5) is 5.69 Å². The summed E-state index contributed by atoms with van der Waals surface area (Å²) < 4.78 is 0. The first-order valence-corrected chi connectivity index (χ1v) is 6.68. The van der Waals surface area contributed by atoms with Gasteiger partial charge in [-0.1, -0.05) is 0 Å². The fourth-order valence-corrected chi connectivity index (χ4v) is 2.76. The van der Waals surface area contributed by atoms with Crippen LogP contribution in [0, 0.1) is 6.92 Å². The van der Waals surface area contributed by atoms with E-state index in [0.29, 0.717) is 12.6 Å². The second-order valence-corrected chi connectivity index (χ2v) is 5.41. The molecular weight excluding hydrogens is 224 g/mol. The van der Waals surface area contributed by atoms with Crippen molar-refractivity contribution in [3.63, 3.8) is 0 Å². The summed E-state index contributed by atoms with van der Waals surface area (Å²) in [5.41, 5.74) is 9.35. The zero-order valence-corrected chi connectivity index (χ0v) is 11.7. The first-order chi connectivity index (χ1) is 8.61. The Hall–Kier alpha value is -1.13. The lowest BCUT2D eigenvalue weighted by molar-refractivity contribution is 0.372. The van der Waals surface area contributed by atoms with Gasteiger partial charge in [-0.3, -0.25) is 4.98 Å². The second kappa shape index (κ2) is 5.67. The largest absolute Gasteiger partial charge is 0.367 e. The highest BCUT2D eigenvalue weighted by Gasteiger charge is 2.26. The average molecular weight is 248 g/mol. The molecule has 0 spiro atoms. The molecule has 1 aliphatic rings. The van der Waals surface area contributed by atoms with Crippen LogP contribution in [0.1, 0.15) is 24.1 Å². The van der Waals surface area contributed by atoms with Crippen LogP contribution in [0.5, 0.6) is 0 Å². The van der Waals surface area contributed by atoms with Crippen LogP contribution in [0.2, 0.25) is 0 Å². The predicted octanol–water partition coefficient (Wildman–Crippen LogP) is 1.38. The lowest BCUT2D eigenvalue weighted by atomic mass is 10.1. The number of rotatable bonds is 4. The third kappa shape index (κ3) is 2.82. The van der Waals surface area contributed by atoms with Crippen molar-refractivity contribution in [1.82, 2.24) is 9.88 Å². The van der Waals surface area contributed by atoms with E-state index in [-0.39, 0.29) is 0 Å². The maximum atomic E-state index is 5.84. The molecule has 1 unspecified atom stereocenters. The molecule has 18 heavy (non-hydrogen) atoms. The van der Waals surface area contributed by atoms with Crippen molar-refractivity contribution in [1.29, 1.82) is 0 Å². The molecule has 0 bridgehead atoms. The molecule has 2 heterocycles. The molecule has 100 valence electrons. The second-order valence-electron chi connectivity index (χ2n) is 5.41. The van der Waals surface area contributed by atoms with Crippen LogP contribution in [-0.4, -0.2) is 43.1 Å². The third-order valence-corrected chi connectivity index (χ3v) is 3.58. The van der Waals surface area contributed by atoms with E-state index in [2.05, 4.69) is 34.9 Å². The first kappa shape index (κ1) is 13.3. The van der Waals surface area contributed by atoms with Gasteiger partial charge in [-0.15, -0.1) is 0 Å². The van der Waals surface area contributed by atoms with Gasteiger partial charge < -0.3 is 15.5 Å². The summed E-state index contributed by atoms with van der Waals surface area (Å²) in [7, 11) is 4.27. The molecule has 0 aromatic carbocycles. The van der Waals surface area contributed by atoms with Gasteiger partial charge in [-0.25, -0.2) is 0 Å². The highest BCUT2D eigenvalue weighted by atomic mass is 15.2. The van der Waals surface area contributed by atoms with Gasteiger partial charge in [0.2, 0.25) is 0 Å². The summed E-state index contributed by atoms with van der Waals surface area (Å²) in [6.45, 7) is 4.84. The highest BCUT2D eigenvalue weighted by molar-refractivity contribution is 5.55. The quantitative estimate of drug-likeness (QED) is 0.874. The smallest absolute Gasteiger partial charge is 0.0448 e. The minimum atomic E-state index is 0.563. The SMILES string of the molecule is Cc1cc(N2CCCC2CN(C)C)c(CN)cn1. The van der Waals surface area contributed by atoms with Gasteiger partial charge in [0, 0.05) is 48.8 Å². The Balaban J connectivity index is 2.26. The molecule has 4 nitrogen and oxygen atoms in total. The number of hydrogen-bond donors (Lipinski definition) is 1. The van der Waals surface area contributed by atoms with E-state index in [1.54, 1.807) is 0 Å². The Morgan fingerprint density at radius 2 is 2.28 bits per heavy atom. The van der Waals surface area contributed by atoms with Crippen molar-refractivity contribution >= 4 is 5.69 Å².